The second-order valence-corrected chi connectivity index (χ2v) is 3.90. The fourth-order valence-corrected chi connectivity index (χ4v) is 1.55. The van der Waals surface area contributed by atoms with Gasteiger partial charge in [0.15, 0.2) is 0 Å². The molecule has 0 fully saturated rings. The molecule has 2 aromatic carbocycles. The molecule has 0 radical (unpaired) electrons. The first-order valence-corrected chi connectivity index (χ1v) is 5.76. The van der Waals surface area contributed by atoms with Crippen LogP contribution in [0.4, 0.5) is 4.79 Å². The van der Waals surface area contributed by atoms with Crippen LogP contribution in [0.15, 0.2) is 54.6 Å². The van der Waals surface area contributed by atoms with Gasteiger partial charge in [0.05, 0.1) is 0 Å². The minimum absolute atomic E-state index is 0.362. The summed E-state index contributed by atoms with van der Waals surface area (Å²) < 4.78 is 10.3. The molecule has 0 amide bonds. The summed E-state index contributed by atoms with van der Waals surface area (Å²) >= 11 is 5.14. The first kappa shape index (κ1) is 12.5. The van der Waals surface area contributed by atoms with Gasteiger partial charge in [0.1, 0.15) is 18.1 Å². The zero-order valence-electron chi connectivity index (χ0n) is 9.51. The van der Waals surface area contributed by atoms with Crippen LogP contribution in [-0.4, -0.2) is 5.43 Å². The molecule has 0 N–H and O–H groups in total. The lowest BCUT2D eigenvalue weighted by atomic mass is 10.2. The highest BCUT2D eigenvalue weighted by molar-refractivity contribution is 6.61. The van der Waals surface area contributed by atoms with Crippen LogP contribution in [0.1, 0.15) is 5.56 Å². The van der Waals surface area contributed by atoms with Crippen LogP contribution in [0.25, 0.3) is 0 Å². The zero-order valence-corrected chi connectivity index (χ0v) is 10.3. The van der Waals surface area contributed by atoms with Gasteiger partial charge in [-0.15, -0.1) is 0 Å². The third kappa shape index (κ3) is 3.79. The third-order valence-corrected chi connectivity index (χ3v) is 2.33. The molecule has 0 spiro atoms. The molecular weight excluding hydrogens is 252 g/mol. The quantitative estimate of drug-likeness (QED) is 0.781. The number of hydrogen-bond acceptors (Lipinski definition) is 3. The van der Waals surface area contributed by atoms with Crippen molar-refractivity contribution in [2.24, 2.45) is 0 Å². The molecule has 2 rings (SSSR count). The van der Waals surface area contributed by atoms with Crippen molar-refractivity contribution in [3.63, 3.8) is 0 Å². The summed E-state index contributed by atoms with van der Waals surface area (Å²) in [5, 5.41) is 0. The highest BCUT2D eigenvalue weighted by Gasteiger charge is 2.02. The van der Waals surface area contributed by atoms with Gasteiger partial charge in [0.2, 0.25) is 0 Å². The Morgan fingerprint density at radius 3 is 2.44 bits per heavy atom. The number of carbonyl (C=O) groups is 1. The Hall–Kier alpha value is -2.00. The van der Waals surface area contributed by atoms with E-state index in [4.69, 9.17) is 21.1 Å². The molecular formula is C14H11ClO3. The van der Waals surface area contributed by atoms with E-state index in [1.165, 1.54) is 0 Å². The average molecular weight is 263 g/mol. The van der Waals surface area contributed by atoms with E-state index in [0.717, 1.165) is 5.56 Å². The molecule has 0 aliphatic heterocycles. The van der Waals surface area contributed by atoms with E-state index in [9.17, 15) is 4.79 Å². The minimum atomic E-state index is -0.866. The summed E-state index contributed by atoms with van der Waals surface area (Å²) in [5.74, 6) is 0.981. The van der Waals surface area contributed by atoms with Crippen molar-refractivity contribution in [1.82, 2.24) is 0 Å². The van der Waals surface area contributed by atoms with Crippen molar-refractivity contribution in [2.75, 3.05) is 0 Å². The molecule has 2 aromatic rings. The summed E-state index contributed by atoms with van der Waals surface area (Å²) in [5.41, 5.74) is 0.201. The van der Waals surface area contributed by atoms with Crippen LogP contribution < -0.4 is 9.47 Å². The van der Waals surface area contributed by atoms with E-state index in [1.807, 2.05) is 30.3 Å². The van der Waals surface area contributed by atoms with E-state index < -0.39 is 5.43 Å². The molecule has 0 bridgehead atoms. The maximum atomic E-state index is 10.6. The fraction of sp³-hybridized carbons (Fsp3) is 0.0714. The Kier molecular flexibility index (Phi) is 4.20. The Morgan fingerprint density at radius 2 is 1.72 bits per heavy atom. The van der Waals surface area contributed by atoms with Crippen LogP contribution >= 0.6 is 11.6 Å². The second kappa shape index (κ2) is 6.07. The molecule has 0 aromatic heterocycles. The van der Waals surface area contributed by atoms with Crippen LogP contribution in [0, 0.1) is 0 Å². The maximum Gasteiger partial charge on any atom is 0.409 e. The second-order valence-electron chi connectivity index (χ2n) is 3.59. The predicted molar refractivity (Wildman–Crippen MR) is 69.1 cm³/mol. The summed E-state index contributed by atoms with van der Waals surface area (Å²) in [6, 6.07) is 16.6. The van der Waals surface area contributed by atoms with Crippen molar-refractivity contribution in [2.45, 2.75) is 6.61 Å². The monoisotopic (exact) mass is 262 g/mol. The number of halogens is 1. The number of rotatable bonds is 4. The van der Waals surface area contributed by atoms with Gasteiger partial charge in [0, 0.05) is 17.7 Å². The lowest BCUT2D eigenvalue weighted by molar-refractivity contribution is 0.225. The summed E-state index contributed by atoms with van der Waals surface area (Å²) in [6.07, 6.45) is 0. The third-order valence-electron chi connectivity index (χ3n) is 2.25. The average Bonchev–Trinajstić information content (AvgIpc) is 2.37. The molecule has 3 nitrogen and oxygen atoms in total. The van der Waals surface area contributed by atoms with Gasteiger partial charge in [-0.1, -0.05) is 36.4 Å². The minimum Gasteiger partial charge on any atom is -0.489 e. The van der Waals surface area contributed by atoms with Gasteiger partial charge in [-0.05, 0) is 17.7 Å². The van der Waals surface area contributed by atoms with Gasteiger partial charge in [-0.2, -0.15) is 0 Å². The molecule has 0 aliphatic rings. The maximum absolute atomic E-state index is 10.6. The van der Waals surface area contributed by atoms with Crippen LogP contribution in [0.3, 0.4) is 0 Å². The Morgan fingerprint density at radius 1 is 1.00 bits per heavy atom. The van der Waals surface area contributed by atoms with Crippen molar-refractivity contribution in [3.05, 3.63) is 60.2 Å². The smallest absolute Gasteiger partial charge is 0.409 e. The van der Waals surface area contributed by atoms with Crippen molar-refractivity contribution < 1.29 is 14.3 Å². The SMILES string of the molecule is O=C(Cl)Oc1cccc(OCc2ccccc2)c1. The first-order valence-electron chi connectivity index (χ1n) is 5.38. The van der Waals surface area contributed by atoms with Gasteiger partial charge in [-0.25, -0.2) is 4.79 Å². The number of hydrogen-bond donors (Lipinski definition) is 0. The Labute approximate surface area is 110 Å². The van der Waals surface area contributed by atoms with Crippen molar-refractivity contribution in [1.29, 1.82) is 0 Å². The van der Waals surface area contributed by atoms with Crippen molar-refractivity contribution in [3.8, 4) is 11.5 Å². The van der Waals surface area contributed by atoms with E-state index in [1.54, 1.807) is 24.3 Å². The van der Waals surface area contributed by atoms with Crippen LogP contribution in [0.2, 0.25) is 0 Å². The van der Waals surface area contributed by atoms with E-state index >= 15 is 0 Å². The van der Waals surface area contributed by atoms with Crippen molar-refractivity contribution >= 4 is 17.0 Å². The number of benzene rings is 2. The van der Waals surface area contributed by atoms with Crippen LogP contribution in [-0.2, 0) is 6.61 Å². The molecule has 0 unspecified atom stereocenters. The molecule has 92 valence electrons. The Balaban J connectivity index is 1.99. The highest BCUT2D eigenvalue weighted by Crippen LogP contribution is 2.21. The van der Waals surface area contributed by atoms with E-state index in [2.05, 4.69) is 0 Å². The van der Waals surface area contributed by atoms with Gasteiger partial charge in [0.25, 0.3) is 0 Å². The van der Waals surface area contributed by atoms with Gasteiger partial charge in [-0.3, -0.25) is 0 Å². The number of ether oxygens (including phenoxy) is 2. The zero-order chi connectivity index (χ0) is 12.8. The van der Waals surface area contributed by atoms with Gasteiger partial charge < -0.3 is 9.47 Å². The molecule has 0 aliphatic carbocycles. The largest absolute Gasteiger partial charge is 0.489 e. The van der Waals surface area contributed by atoms with E-state index in [0.29, 0.717) is 18.1 Å². The lowest BCUT2D eigenvalue weighted by Crippen LogP contribution is -1.98. The van der Waals surface area contributed by atoms with Gasteiger partial charge >= 0.3 is 5.43 Å². The Bertz CT molecular complexity index is 526. The standard InChI is InChI=1S/C14H11ClO3/c15-14(16)18-13-8-4-7-12(9-13)17-10-11-5-2-1-3-6-11/h1-9H,10H2. The summed E-state index contributed by atoms with van der Waals surface area (Å²) in [4.78, 5) is 10.6. The molecule has 4 heteroatoms. The predicted octanol–water partition coefficient (Wildman–Crippen LogP) is 4.00. The first-order chi connectivity index (χ1) is 8.74. The van der Waals surface area contributed by atoms with E-state index in [-0.39, 0.29) is 0 Å². The molecule has 0 saturated carbocycles. The molecule has 0 saturated heterocycles. The van der Waals surface area contributed by atoms with Crippen LogP contribution in [0.5, 0.6) is 11.5 Å². The molecule has 0 atom stereocenters. The molecule has 18 heavy (non-hydrogen) atoms. The number of carbonyl (C=O) groups excluding carboxylic acids is 1. The summed E-state index contributed by atoms with van der Waals surface area (Å²) in [6.45, 7) is 0.457. The fourth-order valence-electron chi connectivity index (χ4n) is 1.46. The normalized spacial score (nSPS) is 9.83. The topological polar surface area (TPSA) is 35.5 Å². The molecule has 0 heterocycles. The lowest BCUT2D eigenvalue weighted by Gasteiger charge is -2.07. The summed E-state index contributed by atoms with van der Waals surface area (Å²) in [7, 11) is 0. The highest BCUT2D eigenvalue weighted by atomic mass is 35.5.